The van der Waals surface area contributed by atoms with E-state index in [9.17, 15) is 18.8 Å². The minimum absolute atomic E-state index is 0.000158. The number of carbonyl (C=O) groups is 1. The van der Waals surface area contributed by atoms with E-state index in [2.05, 4.69) is 15.3 Å². The number of aromatic nitrogens is 4. The van der Waals surface area contributed by atoms with E-state index in [0.717, 1.165) is 9.13 Å². The van der Waals surface area contributed by atoms with Gasteiger partial charge in [-0.1, -0.05) is 12.1 Å². The summed E-state index contributed by atoms with van der Waals surface area (Å²) in [5.41, 5.74) is 0.0537. The van der Waals surface area contributed by atoms with Crippen LogP contribution in [0.15, 0.2) is 64.4 Å². The second kappa shape index (κ2) is 9.03. The Labute approximate surface area is 187 Å². The van der Waals surface area contributed by atoms with Gasteiger partial charge in [0.15, 0.2) is 11.2 Å². The van der Waals surface area contributed by atoms with Crippen LogP contribution < -0.4 is 21.3 Å². The van der Waals surface area contributed by atoms with Gasteiger partial charge in [0.05, 0.1) is 13.7 Å². The smallest absolute Gasteiger partial charge is 0.333 e. The standard InChI is InChI=1S/C23H20FN5O4/c1-14-10-16(6-7-18(14)24)27-19(30)13-28-21-20(25-8-9-26-21)22(31)29(23(28)32)12-15-4-3-5-17(11-15)33-2/h3-11H,12-13H2,1-2H3,(H,27,30). The van der Waals surface area contributed by atoms with Crippen LogP contribution in [0.5, 0.6) is 5.75 Å². The lowest BCUT2D eigenvalue weighted by molar-refractivity contribution is -0.116. The number of nitrogens with one attached hydrogen (secondary N) is 1. The molecule has 0 spiro atoms. The van der Waals surface area contributed by atoms with Gasteiger partial charge in [0.2, 0.25) is 5.91 Å². The average Bonchev–Trinajstić information content (AvgIpc) is 2.82. The molecule has 4 rings (SSSR count). The minimum Gasteiger partial charge on any atom is -0.497 e. The maximum atomic E-state index is 13.5. The molecule has 2 aromatic carbocycles. The van der Waals surface area contributed by atoms with Gasteiger partial charge < -0.3 is 10.1 Å². The van der Waals surface area contributed by atoms with Crippen molar-refractivity contribution in [2.45, 2.75) is 20.0 Å². The zero-order valence-corrected chi connectivity index (χ0v) is 17.9. The Morgan fingerprint density at radius 1 is 1.09 bits per heavy atom. The van der Waals surface area contributed by atoms with Crippen LogP contribution in [0.4, 0.5) is 10.1 Å². The second-order valence-corrected chi connectivity index (χ2v) is 7.35. The Hall–Kier alpha value is -4.34. The molecule has 33 heavy (non-hydrogen) atoms. The van der Waals surface area contributed by atoms with Crippen LogP contribution >= 0.6 is 0 Å². The van der Waals surface area contributed by atoms with Gasteiger partial charge in [0.25, 0.3) is 5.56 Å². The third kappa shape index (κ3) is 4.49. The minimum atomic E-state index is -0.707. The van der Waals surface area contributed by atoms with Crippen LogP contribution in [-0.4, -0.2) is 32.1 Å². The molecule has 9 nitrogen and oxygen atoms in total. The molecule has 4 aromatic rings. The summed E-state index contributed by atoms with van der Waals surface area (Å²) in [6, 6.07) is 11.1. The van der Waals surface area contributed by atoms with Gasteiger partial charge >= 0.3 is 5.69 Å². The van der Waals surface area contributed by atoms with E-state index in [1.54, 1.807) is 31.2 Å². The van der Waals surface area contributed by atoms with Crippen LogP contribution in [0.3, 0.4) is 0 Å². The maximum Gasteiger partial charge on any atom is 0.333 e. The molecule has 1 amide bonds. The van der Waals surface area contributed by atoms with Crippen molar-refractivity contribution < 1.29 is 13.9 Å². The number of carbonyl (C=O) groups excluding carboxylic acids is 1. The first-order valence-electron chi connectivity index (χ1n) is 10.0. The van der Waals surface area contributed by atoms with Crippen molar-refractivity contribution in [3.8, 4) is 5.75 Å². The third-order valence-corrected chi connectivity index (χ3v) is 5.06. The molecular formula is C23H20FN5O4. The average molecular weight is 449 g/mol. The van der Waals surface area contributed by atoms with Crippen molar-refractivity contribution in [1.82, 2.24) is 19.1 Å². The van der Waals surface area contributed by atoms with Crippen LogP contribution in [0, 0.1) is 12.7 Å². The number of anilines is 1. The molecule has 0 aliphatic heterocycles. The van der Waals surface area contributed by atoms with Crippen LogP contribution in [0.25, 0.3) is 11.2 Å². The summed E-state index contributed by atoms with van der Waals surface area (Å²) >= 11 is 0. The normalized spacial score (nSPS) is 10.9. The summed E-state index contributed by atoms with van der Waals surface area (Å²) in [6.45, 7) is 1.12. The number of hydrogen-bond acceptors (Lipinski definition) is 6. The lowest BCUT2D eigenvalue weighted by Gasteiger charge is -2.13. The summed E-state index contributed by atoms with van der Waals surface area (Å²) in [5.74, 6) is -0.354. The number of rotatable bonds is 6. The molecular weight excluding hydrogens is 429 g/mol. The molecule has 2 aromatic heterocycles. The molecule has 0 bridgehead atoms. The molecule has 0 fully saturated rings. The van der Waals surface area contributed by atoms with E-state index >= 15 is 0 Å². The highest BCUT2D eigenvalue weighted by Gasteiger charge is 2.18. The molecule has 0 atom stereocenters. The summed E-state index contributed by atoms with van der Waals surface area (Å²) in [4.78, 5) is 47.1. The number of aryl methyl sites for hydroxylation is 1. The van der Waals surface area contributed by atoms with Gasteiger partial charge in [-0.2, -0.15) is 0 Å². The lowest BCUT2D eigenvalue weighted by atomic mass is 10.2. The molecule has 0 saturated heterocycles. The molecule has 10 heteroatoms. The third-order valence-electron chi connectivity index (χ3n) is 5.06. The van der Waals surface area contributed by atoms with E-state index in [0.29, 0.717) is 22.6 Å². The number of hydrogen-bond donors (Lipinski definition) is 1. The Morgan fingerprint density at radius 3 is 2.64 bits per heavy atom. The van der Waals surface area contributed by atoms with Crippen molar-refractivity contribution in [3.05, 3.63) is 92.6 Å². The number of benzene rings is 2. The van der Waals surface area contributed by atoms with Gasteiger partial charge in [-0.05, 0) is 48.4 Å². The number of methoxy groups -OCH3 is 1. The summed E-state index contributed by atoms with van der Waals surface area (Å²) < 4.78 is 20.8. The molecule has 168 valence electrons. The van der Waals surface area contributed by atoms with E-state index < -0.39 is 29.5 Å². The topological polar surface area (TPSA) is 108 Å². The molecule has 0 unspecified atom stereocenters. The summed E-state index contributed by atoms with van der Waals surface area (Å²) in [5, 5.41) is 2.63. The van der Waals surface area contributed by atoms with Gasteiger partial charge in [-0.25, -0.2) is 19.2 Å². The highest BCUT2D eigenvalue weighted by atomic mass is 19.1. The zero-order valence-electron chi connectivity index (χ0n) is 17.9. The van der Waals surface area contributed by atoms with Gasteiger partial charge in [0, 0.05) is 18.1 Å². The Balaban J connectivity index is 1.74. The Bertz CT molecular complexity index is 1480. The van der Waals surface area contributed by atoms with E-state index in [1.165, 1.54) is 37.7 Å². The number of nitrogens with zero attached hydrogens (tertiary/aromatic N) is 4. The monoisotopic (exact) mass is 449 g/mol. The fourth-order valence-corrected chi connectivity index (χ4v) is 3.43. The molecule has 0 saturated carbocycles. The second-order valence-electron chi connectivity index (χ2n) is 7.35. The highest BCUT2D eigenvalue weighted by molar-refractivity contribution is 5.91. The fourth-order valence-electron chi connectivity index (χ4n) is 3.43. The number of ether oxygens (including phenoxy) is 1. The van der Waals surface area contributed by atoms with Crippen LogP contribution in [-0.2, 0) is 17.9 Å². The Kier molecular flexibility index (Phi) is 5.99. The fraction of sp³-hybridized carbons (Fsp3) is 0.174. The summed E-state index contributed by atoms with van der Waals surface area (Å²) in [6.07, 6.45) is 2.68. The van der Waals surface area contributed by atoms with Crippen LogP contribution in [0.1, 0.15) is 11.1 Å². The molecule has 0 aliphatic carbocycles. The quantitative estimate of drug-likeness (QED) is 0.483. The number of halogens is 1. The van der Waals surface area contributed by atoms with Crippen LogP contribution in [0.2, 0.25) is 0 Å². The predicted octanol–water partition coefficient (Wildman–Crippen LogP) is 2.10. The van der Waals surface area contributed by atoms with Gasteiger partial charge in [-0.15, -0.1) is 0 Å². The SMILES string of the molecule is COc1cccc(Cn2c(=O)c3nccnc3n(CC(=O)Nc3ccc(F)c(C)c3)c2=O)c1. The van der Waals surface area contributed by atoms with E-state index in [1.807, 2.05) is 0 Å². The van der Waals surface area contributed by atoms with Gasteiger partial charge in [-0.3, -0.25) is 18.7 Å². The first-order valence-corrected chi connectivity index (χ1v) is 10.0. The molecule has 1 N–H and O–H groups in total. The van der Waals surface area contributed by atoms with Crippen molar-refractivity contribution >= 4 is 22.8 Å². The number of fused-ring (bicyclic) bond motifs is 1. The Morgan fingerprint density at radius 2 is 1.88 bits per heavy atom. The maximum absolute atomic E-state index is 13.5. The first kappa shape index (κ1) is 21.9. The summed E-state index contributed by atoms with van der Waals surface area (Å²) in [7, 11) is 1.52. The van der Waals surface area contributed by atoms with E-state index in [4.69, 9.17) is 4.74 Å². The van der Waals surface area contributed by atoms with Gasteiger partial charge in [0.1, 0.15) is 18.1 Å². The van der Waals surface area contributed by atoms with E-state index in [-0.39, 0.29) is 17.7 Å². The molecule has 0 aliphatic rings. The van der Waals surface area contributed by atoms with Crippen molar-refractivity contribution in [3.63, 3.8) is 0 Å². The lowest BCUT2D eigenvalue weighted by Crippen LogP contribution is -2.42. The largest absolute Gasteiger partial charge is 0.497 e. The molecule has 2 heterocycles. The van der Waals surface area contributed by atoms with Crippen molar-refractivity contribution in [2.24, 2.45) is 0 Å². The zero-order chi connectivity index (χ0) is 23.5. The first-order chi connectivity index (χ1) is 15.9. The molecule has 0 radical (unpaired) electrons. The highest BCUT2D eigenvalue weighted by Crippen LogP contribution is 2.15. The van der Waals surface area contributed by atoms with Crippen molar-refractivity contribution in [1.29, 1.82) is 0 Å². The van der Waals surface area contributed by atoms with Crippen molar-refractivity contribution in [2.75, 3.05) is 12.4 Å². The predicted molar refractivity (Wildman–Crippen MR) is 120 cm³/mol. The number of amides is 1.